The van der Waals surface area contributed by atoms with Gasteiger partial charge < -0.3 is 10.1 Å². The zero-order valence-corrected chi connectivity index (χ0v) is 11.9. The van der Waals surface area contributed by atoms with Crippen molar-refractivity contribution in [1.29, 1.82) is 0 Å². The molecule has 108 valence electrons. The van der Waals surface area contributed by atoms with Gasteiger partial charge in [-0.3, -0.25) is 9.59 Å². The monoisotopic (exact) mass is 277 g/mol. The summed E-state index contributed by atoms with van der Waals surface area (Å²) in [5.41, 5.74) is 0.858. The number of Topliss-reactive ketones (excluding diaryl/α,β-unsaturated/α-hetero) is 1. The van der Waals surface area contributed by atoms with Crippen LogP contribution in [0.4, 0.5) is 0 Å². The molecule has 0 spiro atoms. The van der Waals surface area contributed by atoms with Crippen LogP contribution in [0.15, 0.2) is 30.3 Å². The molecule has 0 aliphatic rings. The summed E-state index contributed by atoms with van der Waals surface area (Å²) in [6, 6.07) is 8.27. The minimum absolute atomic E-state index is 0.256. The Kier molecular flexibility index (Phi) is 5.90. The molecule has 1 atom stereocenters. The summed E-state index contributed by atoms with van der Waals surface area (Å²) in [7, 11) is 0. The Balaban J connectivity index is 2.81. The normalized spacial score (nSPS) is 11.8. The summed E-state index contributed by atoms with van der Waals surface area (Å²) in [4.78, 5) is 34.9. The first kappa shape index (κ1) is 15.9. The van der Waals surface area contributed by atoms with Gasteiger partial charge in [-0.25, -0.2) is 4.79 Å². The lowest BCUT2D eigenvalue weighted by molar-refractivity contribution is -0.157. The molecule has 0 aromatic heterocycles. The average molecular weight is 277 g/mol. The summed E-state index contributed by atoms with van der Waals surface area (Å²) in [6.07, 6.45) is -0.118. The number of esters is 1. The van der Waals surface area contributed by atoms with E-state index in [-0.39, 0.29) is 18.4 Å². The van der Waals surface area contributed by atoms with Crippen molar-refractivity contribution in [2.24, 2.45) is 0 Å². The summed E-state index contributed by atoms with van der Waals surface area (Å²) >= 11 is 0. The van der Waals surface area contributed by atoms with Gasteiger partial charge in [0.2, 0.25) is 5.91 Å². The van der Waals surface area contributed by atoms with Gasteiger partial charge in [0.15, 0.2) is 0 Å². The summed E-state index contributed by atoms with van der Waals surface area (Å²) in [6.45, 7) is 4.63. The lowest BCUT2D eigenvalue weighted by Gasteiger charge is -2.17. The van der Waals surface area contributed by atoms with E-state index in [1.54, 1.807) is 13.8 Å². The first-order valence-electron chi connectivity index (χ1n) is 6.46. The maximum atomic E-state index is 12.0. The molecule has 0 fully saturated rings. The van der Waals surface area contributed by atoms with Gasteiger partial charge in [-0.15, -0.1) is 0 Å². The van der Waals surface area contributed by atoms with Crippen LogP contribution >= 0.6 is 0 Å². The molecule has 0 radical (unpaired) electrons. The van der Waals surface area contributed by atoms with Crippen molar-refractivity contribution in [3.05, 3.63) is 35.9 Å². The zero-order valence-electron chi connectivity index (χ0n) is 11.9. The van der Waals surface area contributed by atoms with Crippen molar-refractivity contribution in [3.63, 3.8) is 0 Å². The number of carbonyl (C=O) groups is 3. The van der Waals surface area contributed by atoms with Crippen molar-refractivity contribution < 1.29 is 19.1 Å². The third-order valence-corrected chi connectivity index (χ3v) is 2.52. The van der Waals surface area contributed by atoms with E-state index in [4.69, 9.17) is 4.74 Å². The number of rotatable bonds is 6. The van der Waals surface area contributed by atoms with E-state index in [1.807, 2.05) is 30.3 Å². The van der Waals surface area contributed by atoms with E-state index < -0.39 is 17.8 Å². The van der Waals surface area contributed by atoms with E-state index in [2.05, 4.69) is 5.32 Å². The highest BCUT2D eigenvalue weighted by atomic mass is 16.5. The van der Waals surface area contributed by atoms with E-state index >= 15 is 0 Å². The van der Waals surface area contributed by atoms with Gasteiger partial charge in [0.25, 0.3) is 5.78 Å². The molecule has 5 heteroatoms. The van der Waals surface area contributed by atoms with Crippen LogP contribution < -0.4 is 5.32 Å². The topological polar surface area (TPSA) is 72.5 Å². The number of nitrogens with one attached hydrogen (secondary N) is 1. The van der Waals surface area contributed by atoms with Crippen LogP contribution in [0, 0.1) is 0 Å². The quantitative estimate of drug-likeness (QED) is 0.627. The number of benzene rings is 1. The SMILES string of the molecule is CC(=O)NC(Cc1ccccc1)C(=O)C(=O)OC(C)C. The molecule has 0 saturated heterocycles. The third kappa shape index (κ3) is 5.22. The minimum atomic E-state index is -0.922. The highest BCUT2D eigenvalue weighted by Crippen LogP contribution is 2.05. The van der Waals surface area contributed by atoms with E-state index in [1.165, 1.54) is 6.92 Å². The third-order valence-electron chi connectivity index (χ3n) is 2.52. The van der Waals surface area contributed by atoms with Crippen LogP contribution in [-0.4, -0.2) is 29.8 Å². The lowest BCUT2D eigenvalue weighted by Crippen LogP contribution is -2.45. The van der Waals surface area contributed by atoms with Crippen molar-refractivity contribution in [2.75, 3.05) is 0 Å². The van der Waals surface area contributed by atoms with Crippen LogP contribution in [0.1, 0.15) is 26.3 Å². The Morgan fingerprint density at radius 3 is 2.25 bits per heavy atom. The summed E-state index contributed by atoms with van der Waals surface area (Å²) < 4.78 is 4.87. The van der Waals surface area contributed by atoms with E-state index in [0.29, 0.717) is 0 Å². The molecule has 0 heterocycles. The number of hydrogen-bond donors (Lipinski definition) is 1. The van der Waals surface area contributed by atoms with Gasteiger partial charge in [0.05, 0.1) is 6.10 Å². The molecule has 5 nitrogen and oxygen atoms in total. The molecular weight excluding hydrogens is 258 g/mol. The Morgan fingerprint density at radius 1 is 1.15 bits per heavy atom. The fourth-order valence-corrected chi connectivity index (χ4v) is 1.72. The molecule has 0 bridgehead atoms. The fourth-order valence-electron chi connectivity index (χ4n) is 1.72. The Bertz CT molecular complexity index is 482. The van der Waals surface area contributed by atoms with Crippen LogP contribution in [-0.2, 0) is 25.5 Å². The predicted molar refractivity (Wildman–Crippen MR) is 74.0 cm³/mol. The van der Waals surface area contributed by atoms with E-state index in [9.17, 15) is 14.4 Å². The number of ketones is 1. The molecule has 1 rings (SSSR count). The highest BCUT2D eigenvalue weighted by molar-refractivity contribution is 6.36. The fraction of sp³-hybridized carbons (Fsp3) is 0.400. The molecule has 1 N–H and O–H groups in total. The Labute approximate surface area is 118 Å². The number of amides is 1. The molecule has 1 unspecified atom stereocenters. The van der Waals surface area contributed by atoms with Gasteiger partial charge in [0.1, 0.15) is 6.04 Å². The molecule has 1 aromatic carbocycles. The van der Waals surface area contributed by atoms with E-state index in [0.717, 1.165) is 5.56 Å². The number of carbonyl (C=O) groups excluding carboxylic acids is 3. The maximum absolute atomic E-state index is 12.0. The minimum Gasteiger partial charge on any atom is -0.457 e. The molecule has 1 amide bonds. The first-order valence-corrected chi connectivity index (χ1v) is 6.46. The van der Waals surface area contributed by atoms with Gasteiger partial charge in [-0.1, -0.05) is 30.3 Å². The molecular formula is C15H19NO4. The second kappa shape index (κ2) is 7.43. The standard InChI is InChI=1S/C15H19NO4/c1-10(2)20-15(19)14(18)13(16-11(3)17)9-12-7-5-4-6-8-12/h4-8,10,13H,9H2,1-3H3,(H,16,17). The van der Waals surface area contributed by atoms with Crippen molar-refractivity contribution in [1.82, 2.24) is 5.32 Å². The first-order chi connectivity index (χ1) is 9.40. The molecule has 0 aliphatic carbocycles. The van der Waals surface area contributed by atoms with Crippen LogP contribution in [0.25, 0.3) is 0 Å². The van der Waals surface area contributed by atoms with Gasteiger partial charge in [0, 0.05) is 13.3 Å². The Hall–Kier alpha value is -2.17. The van der Waals surface area contributed by atoms with Crippen LogP contribution in [0.5, 0.6) is 0 Å². The summed E-state index contributed by atoms with van der Waals surface area (Å²) in [5, 5.41) is 2.49. The van der Waals surface area contributed by atoms with Crippen LogP contribution in [0.3, 0.4) is 0 Å². The zero-order chi connectivity index (χ0) is 15.1. The van der Waals surface area contributed by atoms with Gasteiger partial charge in [-0.2, -0.15) is 0 Å². The van der Waals surface area contributed by atoms with Crippen molar-refractivity contribution in [2.45, 2.75) is 39.3 Å². The predicted octanol–water partition coefficient (Wildman–Crippen LogP) is 1.25. The summed E-state index contributed by atoms with van der Waals surface area (Å²) in [5.74, 6) is -2.02. The molecule has 20 heavy (non-hydrogen) atoms. The average Bonchev–Trinajstić information content (AvgIpc) is 2.37. The number of ether oxygens (including phenoxy) is 1. The lowest BCUT2D eigenvalue weighted by atomic mass is 10.0. The van der Waals surface area contributed by atoms with Gasteiger partial charge in [-0.05, 0) is 19.4 Å². The highest BCUT2D eigenvalue weighted by Gasteiger charge is 2.28. The number of hydrogen-bond acceptors (Lipinski definition) is 4. The van der Waals surface area contributed by atoms with Crippen molar-refractivity contribution >= 4 is 17.7 Å². The van der Waals surface area contributed by atoms with Crippen LogP contribution in [0.2, 0.25) is 0 Å². The second-order valence-corrected chi connectivity index (χ2v) is 4.76. The largest absolute Gasteiger partial charge is 0.457 e. The van der Waals surface area contributed by atoms with Crippen molar-refractivity contribution in [3.8, 4) is 0 Å². The van der Waals surface area contributed by atoms with Gasteiger partial charge >= 0.3 is 5.97 Å². The Morgan fingerprint density at radius 2 is 1.75 bits per heavy atom. The maximum Gasteiger partial charge on any atom is 0.377 e. The molecule has 0 aliphatic heterocycles. The second-order valence-electron chi connectivity index (χ2n) is 4.76. The smallest absolute Gasteiger partial charge is 0.377 e. The molecule has 1 aromatic rings. The molecule has 0 saturated carbocycles.